The molecule has 4 heterocycles. The molecule has 10 heteroatoms. The van der Waals surface area contributed by atoms with E-state index in [0.29, 0.717) is 17.6 Å². The molecule has 0 atom stereocenters. The molecule has 0 spiro atoms. The zero-order valence-corrected chi connectivity index (χ0v) is 18.9. The molecule has 3 aromatic heterocycles. The lowest BCUT2D eigenvalue weighted by Gasteiger charge is -2.26. The third-order valence-electron chi connectivity index (χ3n) is 6.05. The molecule has 35 heavy (non-hydrogen) atoms. The number of pyridine rings is 1. The van der Waals surface area contributed by atoms with Gasteiger partial charge < -0.3 is 5.32 Å². The number of piperidine rings is 1. The predicted octanol–water partition coefficient (Wildman–Crippen LogP) is 5.50. The van der Waals surface area contributed by atoms with Crippen molar-refractivity contribution in [3.8, 4) is 11.1 Å². The van der Waals surface area contributed by atoms with Gasteiger partial charge in [0.25, 0.3) is 0 Å². The predicted molar refractivity (Wildman–Crippen MR) is 128 cm³/mol. The number of aromatic nitrogens is 5. The van der Waals surface area contributed by atoms with Crippen LogP contribution in [0.15, 0.2) is 55.6 Å². The molecule has 0 radical (unpaired) electrons. The zero-order chi connectivity index (χ0) is 24.4. The van der Waals surface area contributed by atoms with E-state index in [1.165, 1.54) is 24.8 Å². The highest BCUT2D eigenvalue weighted by atomic mass is 19.4. The highest BCUT2D eigenvalue weighted by Gasteiger charge is 2.32. The van der Waals surface area contributed by atoms with Crippen LogP contribution in [0, 0.1) is 0 Å². The number of anilines is 1. The first-order valence-electron chi connectivity index (χ1n) is 11.4. The Labute approximate surface area is 200 Å². The van der Waals surface area contributed by atoms with Crippen molar-refractivity contribution in [3.05, 3.63) is 72.6 Å². The van der Waals surface area contributed by atoms with Crippen molar-refractivity contribution < 1.29 is 13.2 Å². The summed E-state index contributed by atoms with van der Waals surface area (Å²) in [6, 6.07) is 8.10. The summed E-state index contributed by atoms with van der Waals surface area (Å²) in [5.41, 5.74) is 3.84. The first kappa shape index (κ1) is 23.0. The van der Waals surface area contributed by atoms with E-state index in [-0.39, 0.29) is 5.82 Å². The van der Waals surface area contributed by atoms with Crippen molar-refractivity contribution >= 4 is 22.4 Å². The molecular formula is C25H24F3N7. The topological polar surface area (TPSA) is 82.6 Å². The number of aromatic amines is 1. The minimum atomic E-state index is -4.54. The summed E-state index contributed by atoms with van der Waals surface area (Å²) in [6.45, 7) is 7.11. The molecule has 1 saturated heterocycles. The van der Waals surface area contributed by atoms with E-state index in [1.54, 1.807) is 0 Å². The van der Waals surface area contributed by atoms with Crippen LogP contribution in [0.5, 0.6) is 0 Å². The molecule has 1 aromatic carbocycles. The van der Waals surface area contributed by atoms with Crippen molar-refractivity contribution in [2.24, 2.45) is 0 Å². The van der Waals surface area contributed by atoms with Crippen LogP contribution in [0.4, 0.5) is 19.0 Å². The fourth-order valence-electron chi connectivity index (χ4n) is 4.28. The van der Waals surface area contributed by atoms with Gasteiger partial charge in [0, 0.05) is 29.9 Å². The number of hydrogen-bond donors (Lipinski definition) is 2. The lowest BCUT2D eigenvalue weighted by Crippen LogP contribution is -2.29. The molecule has 0 amide bonds. The lowest BCUT2D eigenvalue weighted by molar-refractivity contribution is -0.141. The monoisotopic (exact) mass is 479 g/mol. The van der Waals surface area contributed by atoms with E-state index in [0.717, 1.165) is 47.9 Å². The fraction of sp³-hybridized carbons (Fsp3) is 0.280. The lowest BCUT2D eigenvalue weighted by atomic mass is 10.0. The van der Waals surface area contributed by atoms with Crippen molar-refractivity contribution in [1.29, 1.82) is 0 Å². The molecule has 2 N–H and O–H groups in total. The Morgan fingerprint density at radius 2 is 1.83 bits per heavy atom. The summed E-state index contributed by atoms with van der Waals surface area (Å²) in [5.74, 6) is 0.143. The van der Waals surface area contributed by atoms with Crippen LogP contribution < -0.4 is 5.32 Å². The Bertz CT molecular complexity index is 1340. The number of nitrogens with zero attached hydrogens (tertiary/aromatic N) is 5. The van der Waals surface area contributed by atoms with Crippen LogP contribution in [-0.2, 0) is 12.7 Å². The van der Waals surface area contributed by atoms with Crippen LogP contribution in [0.1, 0.15) is 36.2 Å². The highest BCUT2D eigenvalue weighted by Crippen LogP contribution is 2.30. The van der Waals surface area contributed by atoms with Gasteiger partial charge in [-0.2, -0.15) is 18.3 Å². The van der Waals surface area contributed by atoms with Crippen molar-refractivity contribution in [3.63, 3.8) is 0 Å². The molecule has 0 unspecified atom stereocenters. The molecule has 1 aliphatic rings. The van der Waals surface area contributed by atoms with Crippen LogP contribution in [-0.4, -0.2) is 43.1 Å². The third-order valence-corrected chi connectivity index (χ3v) is 6.05. The molecule has 1 fully saturated rings. The van der Waals surface area contributed by atoms with Gasteiger partial charge in [0.15, 0.2) is 5.69 Å². The molecular weight excluding hydrogens is 455 g/mol. The first-order valence-corrected chi connectivity index (χ1v) is 11.4. The highest BCUT2D eigenvalue weighted by molar-refractivity contribution is 5.94. The van der Waals surface area contributed by atoms with Gasteiger partial charge in [0.05, 0.1) is 23.6 Å². The summed E-state index contributed by atoms with van der Waals surface area (Å²) in [7, 11) is 0. The molecule has 4 aromatic rings. The van der Waals surface area contributed by atoms with Crippen molar-refractivity contribution in [2.75, 3.05) is 18.4 Å². The van der Waals surface area contributed by atoms with E-state index in [2.05, 4.69) is 48.0 Å². The van der Waals surface area contributed by atoms with Gasteiger partial charge in [-0.25, -0.2) is 9.97 Å². The number of alkyl halides is 3. The number of benzene rings is 1. The average molecular weight is 480 g/mol. The zero-order valence-electron chi connectivity index (χ0n) is 18.9. The molecule has 0 bridgehead atoms. The van der Waals surface area contributed by atoms with E-state index in [4.69, 9.17) is 0 Å². The van der Waals surface area contributed by atoms with Gasteiger partial charge in [-0.05, 0) is 55.3 Å². The minimum absolute atomic E-state index is 0.143. The van der Waals surface area contributed by atoms with E-state index >= 15 is 0 Å². The Balaban J connectivity index is 1.37. The smallest absolute Gasteiger partial charge is 0.338 e. The Kier molecular flexibility index (Phi) is 6.21. The Morgan fingerprint density at radius 3 is 2.57 bits per heavy atom. The maximum atomic E-state index is 12.7. The summed E-state index contributed by atoms with van der Waals surface area (Å²) < 4.78 is 38.2. The summed E-state index contributed by atoms with van der Waals surface area (Å²) in [5, 5.41) is 11.0. The average Bonchev–Trinajstić information content (AvgIpc) is 3.28. The maximum Gasteiger partial charge on any atom is 0.434 e. The maximum absolute atomic E-state index is 12.7. The van der Waals surface area contributed by atoms with E-state index in [1.807, 2.05) is 30.6 Å². The van der Waals surface area contributed by atoms with E-state index < -0.39 is 11.9 Å². The van der Waals surface area contributed by atoms with Gasteiger partial charge in [-0.3, -0.25) is 15.0 Å². The molecule has 0 aliphatic carbocycles. The number of likely N-dealkylation sites (tertiary alicyclic amines) is 1. The van der Waals surface area contributed by atoms with Crippen LogP contribution in [0.2, 0.25) is 0 Å². The van der Waals surface area contributed by atoms with Gasteiger partial charge in [0.2, 0.25) is 0 Å². The minimum Gasteiger partial charge on any atom is -0.338 e. The van der Waals surface area contributed by atoms with Gasteiger partial charge >= 0.3 is 6.18 Å². The number of halogens is 3. The number of rotatable bonds is 6. The second-order valence-corrected chi connectivity index (χ2v) is 8.64. The summed E-state index contributed by atoms with van der Waals surface area (Å²) in [4.78, 5) is 14.1. The number of hydrogen-bond acceptors (Lipinski definition) is 6. The largest absolute Gasteiger partial charge is 0.434 e. The number of fused-ring (bicyclic) bond motifs is 1. The molecule has 180 valence electrons. The summed E-state index contributed by atoms with van der Waals surface area (Å²) in [6.07, 6.45) is 4.69. The van der Waals surface area contributed by atoms with Gasteiger partial charge in [-0.15, -0.1) is 0 Å². The van der Waals surface area contributed by atoms with Crippen LogP contribution in [0.3, 0.4) is 0 Å². The molecule has 5 rings (SSSR count). The number of nitrogens with one attached hydrogen (secondary N) is 2. The Hall–Kier alpha value is -3.79. The number of H-pyrrole nitrogens is 1. The van der Waals surface area contributed by atoms with Crippen molar-refractivity contribution in [1.82, 2.24) is 30.0 Å². The molecule has 1 aliphatic heterocycles. The second kappa shape index (κ2) is 9.46. The fourth-order valence-corrected chi connectivity index (χ4v) is 4.28. The third kappa shape index (κ3) is 5.17. The van der Waals surface area contributed by atoms with Crippen molar-refractivity contribution in [2.45, 2.75) is 32.0 Å². The van der Waals surface area contributed by atoms with Gasteiger partial charge in [0.1, 0.15) is 11.5 Å². The molecule has 0 saturated carbocycles. The molecule has 7 nitrogen and oxygen atoms in total. The van der Waals surface area contributed by atoms with E-state index in [9.17, 15) is 13.2 Å². The van der Waals surface area contributed by atoms with Crippen LogP contribution in [0.25, 0.3) is 27.7 Å². The SMILES string of the molecule is C=C(Nc1cnc(C(F)(F)F)cn1)c1n[nH]c2ccc(-c3cncc(CN4CCCCC4)c3)cc12. The standard InChI is InChI=1S/C25H24F3N7/c1-16(32-23-14-30-22(13-31-23)25(26,27)28)24-20-10-18(5-6-21(20)33-34-24)19-9-17(11-29-12-19)15-35-7-3-2-4-8-35/h5-6,9-14H,1-4,7-8,15H2,(H,31,32)(H,33,34). The quantitative estimate of drug-likeness (QED) is 0.380. The Morgan fingerprint density at radius 1 is 1.00 bits per heavy atom. The van der Waals surface area contributed by atoms with Gasteiger partial charge in [-0.1, -0.05) is 19.1 Å². The first-order chi connectivity index (χ1) is 16.9. The summed E-state index contributed by atoms with van der Waals surface area (Å²) >= 11 is 0. The van der Waals surface area contributed by atoms with Crippen LogP contribution >= 0.6 is 0 Å². The second-order valence-electron chi connectivity index (χ2n) is 8.64. The normalized spacial score (nSPS) is 14.8.